The van der Waals surface area contributed by atoms with Crippen molar-refractivity contribution in [2.75, 3.05) is 41.2 Å². The van der Waals surface area contributed by atoms with Crippen molar-refractivity contribution in [1.29, 1.82) is 0 Å². The first-order valence-electron chi connectivity index (χ1n) is 14.3. The third-order valence-corrected chi connectivity index (χ3v) is 7.97. The fourth-order valence-corrected chi connectivity index (χ4v) is 5.36. The van der Waals surface area contributed by atoms with E-state index in [-0.39, 0.29) is 23.0 Å². The van der Waals surface area contributed by atoms with Crippen LogP contribution in [0.1, 0.15) is 0 Å². The molecule has 10 N–H and O–H groups in total. The Morgan fingerprint density at radius 2 is 0.935 bits per heavy atom. The Labute approximate surface area is 262 Å². The molecule has 3 aliphatic rings. The first-order valence-corrected chi connectivity index (χ1v) is 14.3. The molecule has 15 atom stereocenters. The second-order valence-electron chi connectivity index (χ2n) is 10.8. The van der Waals surface area contributed by atoms with Crippen LogP contribution >= 0.6 is 0 Å². The molecule has 0 bridgehead atoms. The molecule has 0 amide bonds. The molecule has 0 unspecified atom stereocenters. The van der Waals surface area contributed by atoms with Crippen LogP contribution in [0, 0.1) is 0 Å². The van der Waals surface area contributed by atoms with E-state index in [0.29, 0.717) is 0 Å². The van der Waals surface area contributed by atoms with E-state index < -0.39 is 112 Å². The highest BCUT2D eigenvalue weighted by Gasteiger charge is 2.55. The van der Waals surface area contributed by atoms with Gasteiger partial charge >= 0.3 is 0 Å². The molecule has 0 saturated carbocycles. The lowest BCUT2D eigenvalue weighted by Gasteiger charge is -2.48. The van der Waals surface area contributed by atoms with Gasteiger partial charge in [0, 0.05) is 12.1 Å². The van der Waals surface area contributed by atoms with Gasteiger partial charge in [-0.2, -0.15) is 0 Å². The summed E-state index contributed by atoms with van der Waals surface area (Å²) in [7, 11) is 4.08. The quantitative estimate of drug-likeness (QED) is 0.0992. The Morgan fingerprint density at radius 3 is 1.35 bits per heavy atom. The number of hydrogen-bond acceptors (Lipinski definition) is 19. The summed E-state index contributed by atoms with van der Waals surface area (Å²) in [6.45, 7) is -2.40. The Hall–Kier alpha value is -2.18. The molecule has 0 radical (unpaired) electrons. The van der Waals surface area contributed by atoms with Crippen molar-refractivity contribution in [3.63, 3.8) is 0 Å². The summed E-state index contributed by atoms with van der Waals surface area (Å²) in [4.78, 5) is 0. The van der Waals surface area contributed by atoms with Gasteiger partial charge in [0.25, 0.3) is 0 Å². The first-order chi connectivity index (χ1) is 21.9. The highest BCUT2D eigenvalue weighted by atomic mass is 16.8. The Kier molecular flexibility index (Phi) is 12.6. The zero-order chi connectivity index (χ0) is 33.9. The van der Waals surface area contributed by atoms with Gasteiger partial charge < -0.3 is 93.7 Å². The average Bonchev–Trinajstić information content (AvgIpc) is 3.06. The predicted octanol–water partition coefficient (Wildman–Crippen LogP) is -5.46. The number of aliphatic hydroxyl groups is 10. The lowest BCUT2D eigenvalue weighted by Crippen LogP contribution is -2.67. The molecule has 3 heterocycles. The van der Waals surface area contributed by atoms with E-state index in [9.17, 15) is 51.1 Å². The molecule has 264 valence electrons. The molecule has 1 aromatic rings. The van der Waals surface area contributed by atoms with Crippen LogP contribution in [0.3, 0.4) is 0 Å². The zero-order valence-electron chi connectivity index (χ0n) is 25.1. The molecule has 19 nitrogen and oxygen atoms in total. The standard InChI is InChI=1S/C27H42O19/c1-38-10-4-9(5-11(39-2)22(10)40-3)41-27-24(46-26-21(37)19(35)16(32)13(7-29)43-26)23(17(33)14(8-30)44-27)45-25-20(36)18(34)15(31)12(6-28)42-25/h4-5,12-21,23-37H,6-8H2,1-3H3/t12-,13-,14-,15+,16+,17-,18+,19+,20-,21-,23+,24-,25+,26+,27-/m1/s1. The number of aliphatic hydroxyl groups excluding tert-OH is 10. The van der Waals surface area contributed by atoms with E-state index in [1.54, 1.807) is 0 Å². The lowest BCUT2D eigenvalue weighted by molar-refractivity contribution is -0.384. The maximum atomic E-state index is 11.2. The molecule has 0 aromatic heterocycles. The topological polar surface area (TPSA) is 285 Å². The molecule has 46 heavy (non-hydrogen) atoms. The summed E-state index contributed by atoms with van der Waals surface area (Å²) in [5.74, 6) is 0.531. The number of methoxy groups -OCH3 is 3. The first kappa shape index (κ1) is 36.7. The van der Waals surface area contributed by atoms with E-state index in [1.807, 2.05) is 0 Å². The normalized spacial score (nSPS) is 41.5. The Morgan fingerprint density at radius 1 is 0.522 bits per heavy atom. The smallest absolute Gasteiger partial charge is 0.229 e. The predicted molar refractivity (Wildman–Crippen MR) is 146 cm³/mol. The second kappa shape index (κ2) is 15.8. The minimum Gasteiger partial charge on any atom is -0.493 e. The molecule has 3 fully saturated rings. The molecule has 1 aromatic carbocycles. The maximum Gasteiger partial charge on any atom is 0.229 e. The fourth-order valence-electron chi connectivity index (χ4n) is 5.36. The molecule has 3 aliphatic heterocycles. The summed E-state index contributed by atoms with van der Waals surface area (Å²) in [5.41, 5.74) is 0. The molecular weight excluding hydrogens is 628 g/mol. The van der Waals surface area contributed by atoms with Crippen LogP contribution in [0.5, 0.6) is 23.0 Å². The van der Waals surface area contributed by atoms with E-state index in [0.717, 1.165) is 0 Å². The number of ether oxygens (including phenoxy) is 9. The molecule has 3 saturated heterocycles. The number of benzene rings is 1. The van der Waals surface area contributed by atoms with Crippen molar-refractivity contribution < 1.29 is 93.7 Å². The minimum absolute atomic E-state index is 0.00146. The monoisotopic (exact) mass is 670 g/mol. The van der Waals surface area contributed by atoms with Crippen molar-refractivity contribution in [2.45, 2.75) is 92.1 Å². The Bertz CT molecular complexity index is 1080. The van der Waals surface area contributed by atoms with Gasteiger partial charge in [-0.3, -0.25) is 0 Å². The van der Waals surface area contributed by atoms with Gasteiger partial charge in [0.15, 0.2) is 30.2 Å². The van der Waals surface area contributed by atoms with Gasteiger partial charge in [-0.15, -0.1) is 0 Å². The zero-order valence-corrected chi connectivity index (χ0v) is 25.1. The van der Waals surface area contributed by atoms with Crippen LogP contribution in [0.25, 0.3) is 0 Å². The van der Waals surface area contributed by atoms with Gasteiger partial charge in [0.1, 0.15) is 72.9 Å². The van der Waals surface area contributed by atoms with Crippen molar-refractivity contribution in [3.8, 4) is 23.0 Å². The van der Waals surface area contributed by atoms with Gasteiger partial charge in [-0.25, -0.2) is 0 Å². The summed E-state index contributed by atoms with van der Waals surface area (Å²) in [6.07, 6.45) is -25.9. The van der Waals surface area contributed by atoms with Crippen LogP contribution in [0.4, 0.5) is 0 Å². The highest BCUT2D eigenvalue weighted by molar-refractivity contribution is 5.55. The van der Waals surface area contributed by atoms with E-state index in [2.05, 4.69) is 0 Å². The largest absolute Gasteiger partial charge is 0.493 e. The van der Waals surface area contributed by atoms with Crippen LogP contribution in [0.15, 0.2) is 12.1 Å². The summed E-state index contributed by atoms with van der Waals surface area (Å²) < 4.78 is 50.6. The lowest BCUT2D eigenvalue weighted by atomic mass is 9.96. The van der Waals surface area contributed by atoms with Crippen LogP contribution in [-0.2, 0) is 23.7 Å². The van der Waals surface area contributed by atoms with Crippen molar-refractivity contribution in [1.82, 2.24) is 0 Å². The van der Waals surface area contributed by atoms with E-state index in [1.165, 1.54) is 33.5 Å². The second-order valence-corrected chi connectivity index (χ2v) is 10.8. The molecule has 4 rings (SSSR count). The minimum atomic E-state index is -1.93. The SMILES string of the molecule is COc1cc(O[C@@H]2O[C@H](CO)[C@@H](O)[C@H](O[C@@H]3O[C@H](CO)[C@H](O)[C@H](O)[C@H]3O)[C@H]2O[C@@H]2O[C@H](CO)[C@H](O)[C@H](O)[C@H]2O)cc(OC)c1OC. The average molecular weight is 671 g/mol. The molecular formula is C27H42O19. The van der Waals surface area contributed by atoms with E-state index in [4.69, 9.17) is 42.6 Å². The van der Waals surface area contributed by atoms with Crippen molar-refractivity contribution in [2.24, 2.45) is 0 Å². The number of hydrogen-bond donors (Lipinski definition) is 10. The Balaban J connectivity index is 1.74. The van der Waals surface area contributed by atoms with Gasteiger partial charge in [0.2, 0.25) is 12.0 Å². The molecule has 19 heteroatoms. The van der Waals surface area contributed by atoms with Crippen LogP contribution < -0.4 is 18.9 Å². The molecule has 0 spiro atoms. The molecule has 0 aliphatic carbocycles. The third-order valence-electron chi connectivity index (χ3n) is 7.97. The fraction of sp³-hybridized carbons (Fsp3) is 0.778. The van der Waals surface area contributed by atoms with Crippen LogP contribution in [-0.4, -0.2) is 184 Å². The summed E-state index contributed by atoms with van der Waals surface area (Å²) in [5, 5.41) is 103. The van der Waals surface area contributed by atoms with Gasteiger partial charge in [-0.05, 0) is 0 Å². The third kappa shape index (κ3) is 7.28. The van der Waals surface area contributed by atoms with Gasteiger partial charge in [-0.1, -0.05) is 0 Å². The van der Waals surface area contributed by atoms with E-state index >= 15 is 0 Å². The number of rotatable bonds is 12. The highest BCUT2D eigenvalue weighted by Crippen LogP contribution is 2.42. The maximum absolute atomic E-state index is 11.2. The van der Waals surface area contributed by atoms with Crippen molar-refractivity contribution >= 4 is 0 Å². The van der Waals surface area contributed by atoms with Crippen LogP contribution in [0.2, 0.25) is 0 Å². The summed E-state index contributed by atoms with van der Waals surface area (Å²) >= 11 is 0. The summed E-state index contributed by atoms with van der Waals surface area (Å²) in [6, 6.07) is 2.75. The van der Waals surface area contributed by atoms with Crippen molar-refractivity contribution in [3.05, 3.63) is 12.1 Å². The van der Waals surface area contributed by atoms with Gasteiger partial charge in [0.05, 0.1) is 41.2 Å².